The van der Waals surface area contributed by atoms with Gasteiger partial charge in [-0.25, -0.2) is 14.4 Å². The second-order valence-corrected chi connectivity index (χ2v) is 20.6. The van der Waals surface area contributed by atoms with Gasteiger partial charge in [0.2, 0.25) is 23.6 Å². The van der Waals surface area contributed by atoms with Gasteiger partial charge in [-0.05, 0) is 71.5 Å². The van der Waals surface area contributed by atoms with Crippen molar-refractivity contribution in [3.8, 4) is 34.3 Å². The number of nitrogens with two attached hydrogens (primary N) is 1. The minimum atomic E-state index is -0.971. The molecule has 2 aliphatic heterocycles. The lowest BCUT2D eigenvalue weighted by Gasteiger charge is -2.37. The van der Waals surface area contributed by atoms with Crippen LogP contribution in [-0.4, -0.2) is 157 Å². The smallest absolute Gasteiger partial charge is 0.274 e. The summed E-state index contributed by atoms with van der Waals surface area (Å²) in [5.74, 6) is -2.33. The van der Waals surface area contributed by atoms with Gasteiger partial charge in [0.15, 0.2) is 5.82 Å². The molecule has 7 rings (SSSR count). The molecule has 2 saturated heterocycles. The number of hydrogen-bond donors (Lipinski definition) is 5. The van der Waals surface area contributed by atoms with Crippen molar-refractivity contribution in [1.82, 2.24) is 35.4 Å². The fourth-order valence-electron chi connectivity index (χ4n) is 9.35. The highest BCUT2D eigenvalue weighted by Gasteiger charge is 2.44. The van der Waals surface area contributed by atoms with Crippen LogP contribution < -0.4 is 31.3 Å². The third kappa shape index (κ3) is 16.6. The average Bonchev–Trinajstić information content (AvgIpc) is 3.93. The molecule has 0 unspecified atom stereocenters. The first kappa shape index (κ1) is 60.3. The number of amides is 5. The van der Waals surface area contributed by atoms with Gasteiger partial charge in [0.05, 0.1) is 87.8 Å². The summed E-state index contributed by atoms with van der Waals surface area (Å²) in [6.07, 6.45) is 5.66. The number of methoxy groups -OCH3 is 1. The van der Waals surface area contributed by atoms with E-state index in [2.05, 4.69) is 37.0 Å². The Hall–Kier alpha value is -8.36. The number of anilines is 2. The number of carbonyl (C=O) groups excluding carboxylic acids is 5. The molecule has 3 atom stereocenters. The Balaban J connectivity index is 0.809. The van der Waals surface area contributed by atoms with Gasteiger partial charge in [0.1, 0.15) is 29.3 Å². The Morgan fingerprint density at radius 1 is 0.914 bits per heavy atom. The number of rotatable bonds is 24. The Morgan fingerprint density at radius 2 is 1.62 bits per heavy atom. The largest absolute Gasteiger partial charge is 0.496 e. The Morgan fingerprint density at radius 3 is 2.30 bits per heavy atom. The normalized spacial score (nSPS) is 15.9. The summed E-state index contributed by atoms with van der Waals surface area (Å²) in [6, 6.07) is 20.6. The number of allylic oxidation sites excluding steroid dienone is 1. The molecule has 0 saturated carbocycles. The molecule has 2 aliphatic rings. The van der Waals surface area contributed by atoms with Crippen LogP contribution in [0.5, 0.6) is 5.75 Å². The fraction of sp³-hybridized carbons (Fsp3) is 0.407. The van der Waals surface area contributed by atoms with E-state index in [1.54, 1.807) is 48.5 Å². The quantitative estimate of drug-likeness (QED) is 0.0504. The summed E-state index contributed by atoms with van der Waals surface area (Å²) in [7, 11) is 1.40. The van der Waals surface area contributed by atoms with Gasteiger partial charge in [-0.15, -0.1) is 0 Å². The highest BCUT2D eigenvalue weighted by atomic mass is 19.1. The number of nitrogens with one attached hydrogen (secondary N) is 3. The molecule has 0 aliphatic carbocycles. The predicted molar refractivity (Wildman–Crippen MR) is 300 cm³/mol. The predicted octanol–water partition coefficient (Wildman–Crippen LogP) is 5.08. The molecule has 21 nitrogen and oxygen atoms in total. The van der Waals surface area contributed by atoms with Crippen LogP contribution in [0.3, 0.4) is 0 Å². The highest BCUT2D eigenvalue weighted by molar-refractivity contribution is 6.05. The lowest BCUT2D eigenvalue weighted by molar-refractivity contribution is -0.144. The van der Waals surface area contributed by atoms with E-state index in [4.69, 9.17) is 24.7 Å². The number of aliphatic hydroxyl groups excluding tert-OH is 1. The van der Waals surface area contributed by atoms with E-state index in [0.717, 1.165) is 11.1 Å². The van der Waals surface area contributed by atoms with Crippen molar-refractivity contribution in [1.29, 1.82) is 5.26 Å². The maximum Gasteiger partial charge on any atom is 0.274 e. The van der Waals surface area contributed by atoms with Crippen molar-refractivity contribution < 1.29 is 52.4 Å². The minimum absolute atomic E-state index is 0.0113. The van der Waals surface area contributed by atoms with Crippen molar-refractivity contribution in [2.75, 3.05) is 89.7 Å². The van der Waals surface area contributed by atoms with E-state index >= 15 is 0 Å². The van der Waals surface area contributed by atoms with Crippen molar-refractivity contribution in [2.24, 2.45) is 11.1 Å². The summed E-state index contributed by atoms with van der Waals surface area (Å²) >= 11 is 0. The van der Waals surface area contributed by atoms with Gasteiger partial charge in [0, 0.05) is 82.0 Å². The first-order chi connectivity index (χ1) is 38.9. The zero-order valence-corrected chi connectivity index (χ0v) is 46.3. The number of aliphatic hydroxyl groups is 1. The molecule has 3 aromatic carbocycles. The molecule has 6 N–H and O–H groups in total. The number of aromatic nitrogens is 3. The SMILES string of the molecule is COc1cccc(F)c1-c1nccc(C(=O)Nc2ccc(-c3cnccc3C#N)cc2N2CCN(C(=O)CCOCCOCCOCCC(=O)N[C@H](C(=O)N3C[C@H](O)C[C@H]3C(=O)NCc3ccc(C=C(C)N)cc3)C(C)(C)C)CC2)n1. The van der Waals surface area contributed by atoms with Crippen molar-refractivity contribution in [2.45, 2.75) is 71.7 Å². The van der Waals surface area contributed by atoms with Crippen LogP contribution in [0.25, 0.3) is 28.6 Å². The first-order valence-corrected chi connectivity index (χ1v) is 26.7. The van der Waals surface area contributed by atoms with E-state index in [1.165, 1.54) is 36.4 Å². The van der Waals surface area contributed by atoms with Gasteiger partial charge in [0.25, 0.3) is 5.91 Å². The maximum absolute atomic E-state index is 14.9. The number of nitriles is 1. The van der Waals surface area contributed by atoms with Crippen molar-refractivity contribution in [3.63, 3.8) is 0 Å². The summed E-state index contributed by atoms with van der Waals surface area (Å²) in [5.41, 5.74) is 10.4. The van der Waals surface area contributed by atoms with E-state index in [-0.39, 0.29) is 101 Å². The van der Waals surface area contributed by atoms with Gasteiger partial charge in [-0.1, -0.05) is 57.2 Å². The number of pyridine rings is 1. The van der Waals surface area contributed by atoms with Crippen LogP contribution in [-0.2, 0) is 39.9 Å². The number of carbonyl (C=O) groups is 5. The zero-order valence-electron chi connectivity index (χ0n) is 46.3. The number of benzene rings is 3. The molecule has 0 spiro atoms. The van der Waals surface area contributed by atoms with E-state index in [0.29, 0.717) is 59.9 Å². The number of nitrogens with zero attached hydrogens (tertiary/aromatic N) is 7. The van der Waals surface area contributed by atoms with Gasteiger partial charge < -0.3 is 60.4 Å². The monoisotopic (exact) mass is 1110 g/mol. The molecule has 0 radical (unpaired) electrons. The summed E-state index contributed by atoms with van der Waals surface area (Å²) in [4.78, 5) is 85.5. The van der Waals surface area contributed by atoms with Gasteiger partial charge in [-0.2, -0.15) is 5.26 Å². The lowest BCUT2D eigenvalue weighted by atomic mass is 9.85. The van der Waals surface area contributed by atoms with Crippen LogP contribution in [0, 0.1) is 22.6 Å². The molecule has 2 aromatic heterocycles. The van der Waals surface area contributed by atoms with Crippen molar-refractivity contribution >= 4 is 47.0 Å². The van der Waals surface area contributed by atoms with E-state index in [1.807, 2.05) is 62.1 Å². The maximum atomic E-state index is 14.9. The molecule has 81 heavy (non-hydrogen) atoms. The molecule has 4 heterocycles. The van der Waals surface area contributed by atoms with Crippen LogP contribution in [0.2, 0.25) is 0 Å². The second kappa shape index (κ2) is 28.7. The summed E-state index contributed by atoms with van der Waals surface area (Å²) < 4.78 is 37.2. The molecular weight excluding hydrogens is 1040 g/mol. The van der Waals surface area contributed by atoms with Crippen LogP contribution in [0.4, 0.5) is 15.8 Å². The van der Waals surface area contributed by atoms with Crippen LogP contribution in [0.1, 0.15) is 74.1 Å². The molecule has 2 fully saturated rings. The third-order valence-corrected chi connectivity index (χ3v) is 13.6. The number of piperazine rings is 1. The van der Waals surface area contributed by atoms with Crippen molar-refractivity contribution in [3.05, 3.63) is 125 Å². The molecule has 0 bridgehead atoms. The molecule has 428 valence electrons. The average molecular weight is 1110 g/mol. The Labute approximate surface area is 470 Å². The van der Waals surface area contributed by atoms with E-state index in [9.17, 15) is 38.7 Å². The molecule has 5 amide bonds. The van der Waals surface area contributed by atoms with Crippen LogP contribution in [0.15, 0.2) is 97.1 Å². The number of β-amino-alcohol motifs (C(OH)–C–C–N with tert-alkyl or cyclic N) is 1. The minimum Gasteiger partial charge on any atom is -0.496 e. The number of halogens is 1. The standard InChI is InChI=1S/C59H70FN11O10/c1-38(62)31-39-9-11-40(12-10-39)35-65-57(76)49-33-43(72)37-71(49)58(77)54(59(2,3)4)68-51(73)17-25-79-27-29-81-30-28-80-26-18-52(74)70-23-21-69(22-24-70)48-32-41(44-36-63-19-15-42(44)34-61)13-14-46(48)67-56(75)47-16-20-64-55(66-47)53-45(60)7-6-8-50(53)78-5/h6-16,19-20,31-32,36,43,49,54,72H,17-18,21-30,33,35,37,62H2,1-5H3,(H,65,76)(H,67,75)(H,68,73)/t43-,49+,54-/m1/s1. The second-order valence-electron chi connectivity index (χ2n) is 20.6. The number of hydrogen-bond acceptors (Lipinski definition) is 16. The summed E-state index contributed by atoms with van der Waals surface area (Å²) in [6.45, 7) is 10.3. The Kier molecular flexibility index (Phi) is 21.3. The molecular formula is C59H70FN11O10. The van der Waals surface area contributed by atoms with Crippen LogP contribution >= 0.6 is 0 Å². The first-order valence-electron chi connectivity index (χ1n) is 26.7. The molecule has 5 aromatic rings. The van der Waals surface area contributed by atoms with E-state index < -0.39 is 53.0 Å². The highest BCUT2D eigenvalue weighted by Crippen LogP contribution is 2.35. The lowest BCUT2D eigenvalue weighted by Crippen LogP contribution is -2.57. The number of ether oxygens (including phenoxy) is 4. The summed E-state index contributed by atoms with van der Waals surface area (Å²) in [5, 5.41) is 29.1. The Bertz CT molecular complexity index is 3080. The fourth-order valence-corrected chi connectivity index (χ4v) is 9.35. The van der Waals surface area contributed by atoms with Gasteiger partial charge in [-0.3, -0.25) is 29.0 Å². The zero-order chi connectivity index (χ0) is 58.1. The number of likely N-dealkylation sites (tertiary alicyclic amines) is 1. The molecule has 22 heteroatoms. The third-order valence-electron chi connectivity index (χ3n) is 13.6. The van der Waals surface area contributed by atoms with Gasteiger partial charge >= 0.3 is 0 Å². The topological polar surface area (TPSA) is 277 Å².